The molecule has 3 aromatic rings. The number of anilines is 1. The normalized spacial score (nSPS) is 11.0. The molecule has 112 valence electrons. The minimum Gasteiger partial charge on any atom is -0.394 e. The summed E-state index contributed by atoms with van der Waals surface area (Å²) >= 11 is 0. The van der Waals surface area contributed by atoms with E-state index in [9.17, 15) is 13.6 Å². The van der Waals surface area contributed by atoms with Crippen molar-refractivity contribution < 1.29 is 8.78 Å². The minimum atomic E-state index is -1.01. The lowest BCUT2D eigenvalue weighted by molar-refractivity contribution is 0.517. The lowest BCUT2D eigenvalue weighted by Gasteiger charge is -2.15. The molecule has 0 aliphatic rings. The van der Waals surface area contributed by atoms with Gasteiger partial charge in [-0.15, -0.1) is 10.2 Å². The van der Waals surface area contributed by atoms with E-state index in [1.807, 2.05) is 0 Å². The molecule has 0 amide bonds. The standard InChI is InChI=1S/C15H12F2N4O/c1-2-21-12-10(13(16)19-20-14(12)17)9(11(18)15(21)22)8-6-4-3-5-7-8/h3-7H,2,18H2,1H3. The molecule has 0 saturated heterocycles. The molecule has 2 N–H and O–H groups in total. The molecule has 0 spiro atoms. The minimum absolute atomic E-state index is 0.136. The van der Waals surface area contributed by atoms with Gasteiger partial charge in [-0.25, -0.2) is 0 Å². The Kier molecular flexibility index (Phi) is 3.32. The number of hydrogen-bond donors (Lipinski definition) is 1. The number of pyridine rings is 1. The SMILES string of the molecule is CCn1c(=O)c(N)c(-c2ccccc2)c2c(F)nnc(F)c21. The number of benzene rings is 1. The summed E-state index contributed by atoms with van der Waals surface area (Å²) in [4.78, 5) is 12.4. The first-order valence-electron chi connectivity index (χ1n) is 6.65. The van der Waals surface area contributed by atoms with Gasteiger partial charge in [-0.2, -0.15) is 8.78 Å². The van der Waals surface area contributed by atoms with Gasteiger partial charge in [0, 0.05) is 12.1 Å². The Morgan fingerprint density at radius 1 is 1.14 bits per heavy atom. The molecule has 5 nitrogen and oxygen atoms in total. The number of nitrogens with zero attached hydrogens (tertiary/aromatic N) is 3. The van der Waals surface area contributed by atoms with E-state index in [1.54, 1.807) is 37.3 Å². The second-order valence-corrected chi connectivity index (χ2v) is 4.71. The molecule has 7 heteroatoms. The van der Waals surface area contributed by atoms with Crippen molar-refractivity contribution in [2.75, 3.05) is 5.73 Å². The van der Waals surface area contributed by atoms with Gasteiger partial charge < -0.3 is 10.3 Å². The molecule has 0 unspecified atom stereocenters. The third kappa shape index (κ3) is 1.93. The van der Waals surface area contributed by atoms with E-state index in [4.69, 9.17) is 5.73 Å². The average molecular weight is 302 g/mol. The third-order valence-corrected chi connectivity index (χ3v) is 3.51. The lowest BCUT2D eigenvalue weighted by Crippen LogP contribution is -2.25. The molecule has 0 aliphatic carbocycles. The van der Waals surface area contributed by atoms with Gasteiger partial charge >= 0.3 is 0 Å². The van der Waals surface area contributed by atoms with Gasteiger partial charge in [0.25, 0.3) is 11.5 Å². The highest BCUT2D eigenvalue weighted by atomic mass is 19.1. The zero-order valence-electron chi connectivity index (χ0n) is 11.7. The van der Waals surface area contributed by atoms with Gasteiger partial charge in [-0.05, 0) is 12.5 Å². The Hall–Kier alpha value is -2.83. The highest BCUT2D eigenvalue weighted by Gasteiger charge is 2.22. The van der Waals surface area contributed by atoms with E-state index in [0.29, 0.717) is 5.56 Å². The maximum Gasteiger partial charge on any atom is 0.274 e. The van der Waals surface area contributed by atoms with Crippen molar-refractivity contribution >= 4 is 16.6 Å². The fraction of sp³-hybridized carbons (Fsp3) is 0.133. The Morgan fingerprint density at radius 2 is 1.77 bits per heavy atom. The molecule has 0 bridgehead atoms. The summed E-state index contributed by atoms with van der Waals surface area (Å²) in [6.45, 7) is 1.77. The van der Waals surface area contributed by atoms with Crippen LogP contribution in [0.4, 0.5) is 14.5 Å². The van der Waals surface area contributed by atoms with Crippen molar-refractivity contribution in [2.45, 2.75) is 13.5 Å². The van der Waals surface area contributed by atoms with Crippen molar-refractivity contribution in [1.29, 1.82) is 0 Å². The number of aryl methyl sites for hydroxylation is 1. The smallest absolute Gasteiger partial charge is 0.274 e. The van der Waals surface area contributed by atoms with E-state index >= 15 is 0 Å². The van der Waals surface area contributed by atoms with Crippen molar-refractivity contribution in [1.82, 2.24) is 14.8 Å². The summed E-state index contributed by atoms with van der Waals surface area (Å²) in [6.07, 6.45) is 0. The maximum absolute atomic E-state index is 14.2. The topological polar surface area (TPSA) is 73.8 Å². The van der Waals surface area contributed by atoms with Gasteiger partial charge in [0.05, 0.1) is 5.39 Å². The molecule has 1 aromatic carbocycles. The Morgan fingerprint density at radius 3 is 2.41 bits per heavy atom. The van der Waals surface area contributed by atoms with Crippen LogP contribution in [0.5, 0.6) is 0 Å². The molecule has 0 atom stereocenters. The Balaban J connectivity index is 2.61. The molecular formula is C15H12F2N4O. The molecule has 3 rings (SSSR count). The molecular weight excluding hydrogens is 290 g/mol. The summed E-state index contributed by atoms with van der Waals surface area (Å²) in [5.74, 6) is -1.98. The van der Waals surface area contributed by atoms with Crippen LogP contribution in [0.3, 0.4) is 0 Å². The molecule has 0 fully saturated rings. The monoisotopic (exact) mass is 302 g/mol. The van der Waals surface area contributed by atoms with Gasteiger partial charge in [-0.3, -0.25) is 4.79 Å². The second kappa shape index (κ2) is 5.18. The predicted octanol–water partition coefficient (Wildman–Crippen LogP) is 2.34. The van der Waals surface area contributed by atoms with E-state index in [1.165, 1.54) is 0 Å². The quantitative estimate of drug-likeness (QED) is 0.788. The van der Waals surface area contributed by atoms with E-state index < -0.39 is 17.5 Å². The summed E-state index contributed by atoms with van der Waals surface area (Å²) in [5, 5.41) is 6.16. The number of nitrogen functional groups attached to an aromatic ring is 1. The predicted molar refractivity (Wildman–Crippen MR) is 79.2 cm³/mol. The van der Waals surface area contributed by atoms with Crippen LogP contribution in [0.2, 0.25) is 0 Å². The fourth-order valence-corrected chi connectivity index (χ4v) is 2.55. The highest BCUT2D eigenvalue weighted by Crippen LogP contribution is 2.33. The summed E-state index contributed by atoms with van der Waals surface area (Å²) in [6, 6.07) is 8.53. The second-order valence-electron chi connectivity index (χ2n) is 4.71. The van der Waals surface area contributed by atoms with Crippen LogP contribution in [0.1, 0.15) is 6.92 Å². The van der Waals surface area contributed by atoms with Gasteiger partial charge in [0.1, 0.15) is 11.2 Å². The largest absolute Gasteiger partial charge is 0.394 e. The van der Waals surface area contributed by atoms with Gasteiger partial charge in [0.15, 0.2) is 0 Å². The summed E-state index contributed by atoms with van der Waals surface area (Å²) < 4.78 is 29.4. The molecule has 22 heavy (non-hydrogen) atoms. The third-order valence-electron chi connectivity index (χ3n) is 3.51. The van der Waals surface area contributed by atoms with Gasteiger partial charge in [0.2, 0.25) is 5.95 Å². The number of halogens is 2. The van der Waals surface area contributed by atoms with Crippen molar-refractivity contribution in [3.05, 3.63) is 52.6 Å². The maximum atomic E-state index is 14.2. The number of aromatic nitrogens is 3. The highest BCUT2D eigenvalue weighted by molar-refractivity contribution is 6.00. The molecule has 0 radical (unpaired) electrons. The molecule has 0 saturated carbocycles. The molecule has 2 aromatic heterocycles. The van der Waals surface area contributed by atoms with Crippen LogP contribution in [-0.4, -0.2) is 14.8 Å². The number of fused-ring (bicyclic) bond motifs is 1. The summed E-state index contributed by atoms with van der Waals surface area (Å²) in [7, 11) is 0. The van der Waals surface area contributed by atoms with E-state index in [-0.39, 0.29) is 28.7 Å². The van der Waals surface area contributed by atoms with Gasteiger partial charge in [-0.1, -0.05) is 30.3 Å². The first kappa shape index (κ1) is 14.1. The Bertz CT molecular complexity index is 922. The first-order chi connectivity index (χ1) is 10.6. The fourth-order valence-electron chi connectivity index (χ4n) is 2.55. The van der Waals surface area contributed by atoms with Crippen LogP contribution >= 0.6 is 0 Å². The first-order valence-corrected chi connectivity index (χ1v) is 6.65. The van der Waals surface area contributed by atoms with Crippen LogP contribution in [-0.2, 0) is 6.54 Å². The van der Waals surface area contributed by atoms with Crippen LogP contribution in [0, 0.1) is 11.9 Å². The van der Waals surface area contributed by atoms with Crippen molar-refractivity contribution in [3.8, 4) is 11.1 Å². The number of hydrogen-bond acceptors (Lipinski definition) is 4. The van der Waals surface area contributed by atoms with E-state index in [2.05, 4.69) is 10.2 Å². The number of nitrogens with two attached hydrogens (primary N) is 1. The zero-order valence-corrected chi connectivity index (χ0v) is 11.7. The van der Waals surface area contributed by atoms with Crippen LogP contribution < -0.4 is 11.3 Å². The summed E-state index contributed by atoms with van der Waals surface area (Å²) in [5.41, 5.74) is 5.59. The number of rotatable bonds is 2. The lowest BCUT2D eigenvalue weighted by atomic mass is 10.0. The van der Waals surface area contributed by atoms with E-state index in [0.717, 1.165) is 4.57 Å². The zero-order chi connectivity index (χ0) is 15.9. The average Bonchev–Trinajstić information content (AvgIpc) is 2.53. The molecule has 0 aliphatic heterocycles. The van der Waals surface area contributed by atoms with Crippen molar-refractivity contribution in [3.63, 3.8) is 0 Å². The van der Waals surface area contributed by atoms with Crippen molar-refractivity contribution in [2.24, 2.45) is 0 Å². The van der Waals surface area contributed by atoms with Crippen LogP contribution in [0.25, 0.3) is 22.0 Å². The molecule has 2 heterocycles. The van der Waals surface area contributed by atoms with Crippen LogP contribution in [0.15, 0.2) is 35.1 Å². The Labute approximate surface area is 124 Å².